The Hall–Kier alpha value is -1.36. The van der Waals surface area contributed by atoms with E-state index < -0.39 is 0 Å². The summed E-state index contributed by atoms with van der Waals surface area (Å²) in [5.74, 6) is 0.807. The molecular formula is C8H13N3O2. The molecule has 0 aliphatic heterocycles. The van der Waals surface area contributed by atoms with Crippen molar-refractivity contribution in [2.45, 2.75) is 13.5 Å². The third-order valence-corrected chi connectivity index (χ3v) is 1.60. The number of methoxy groups -OCH3 is 2. The molecule has 5 heteroatoms. The lowest BCUT2D eigenvalue weighted by Gasteiger charge is -2.07. The zero-order valence-corrected chi connectivity index (χ0v) is 8.00. The SMILES string of the molecule is COCc1nc(C)c(OC)nc1N. The second kappa shape index (κ2) is 4.04. The summed E-state index contributed by atoms with van der Waals surface area (Å²) in [4.78, 5) is 8.22. The molecule has 72 valence electrons. The first kappa shape index (κ1) is 9.73. The highest BCUT2D eigenvalue weighted by Crippen LogP contribution is 2.16. The maximum Gasteiger partial charge on any atom is 0.237 e. The molecule has 5 nitrogen and oxygen atoms in total. The monoisotopic (exact) mass is 183 g/mol. The number of nitrogen functional groups attached to an aromatic ring is 1. The summed E-state index contributed by atoms with van der Waals surface area (Å²) in [7, 11) is 3.12. The third kappa shape index (κ3) is 2.06. The minimum Gasteiger partial charge on any atom is -0.480 e. The first-order valence-electron chi connectivity index (χ1n) is 3.85. The molecule has 0 bridgehead atoms. The molecule has 0 fully saturated rings. The van der Waals surface area contributed by atoms with Crippen molar-refractivity contribution in [1.29, 1.82) is 0 Å². The van der Waals surface area contributed by atoms with Crippen LogP contribution in [0.4, 0.5) is 5.82 Å². The lowest BCUT2D eigenvalue weighted by atomic mass is 10.4. The van der Waals surface area contributed by atoms with Crippen LogP contribution in [0.1, 0.15) is 11.4 Å². The van der Waals surface area contributed by atoms with Gasteiger partial charge in [0.1, 0.15) is 5.69 Å². The Balaban J connectivity index is 3.05. The van der Waals surface area contributed by atoms with Crippen molar-refractivity contribution < 1.29 is 9.47 Å². The summed E-state index contributed by atoms with van der Waals surface area (Å²) in [6, 6.07) is 0. The van der Waals surface area contributed by atoms with E-state index in [-0.39, 0.29) is 0 Å². The molecule has 0 aliphatic carbocycles. The molecule has 1 aromatic heterocycles. The van der Waals surface area contributed by atoms with Gasteiger partial charge in [-0.3, -0.25) is 0 Å². The minimum absolute atomic E-state index is 0.351. The fourth-order valence-electron chi connectivity index (χ4n) is 0.999. The molecule has 0 aliphatic rings. The normalized spacial score (nSPS) is 10.1. The van der Waals surface area contributed by atoms with Gasteiger partial charge in [-0.2, -0.15) is 4.98 Å². The van der Waals surface area contributed by atoms with E-state index in [2.05, 4.69) is 9.97 Å². The number of rotatable bonds is 3. The molecular weight excluding hydrogens is 170 g/mol. The first-order chi connectivity index (χ1) is 6.19. The van der Waals surface area contributed by atoms with E-state index in [4.69, 9.17) is 15.2 Å². The lowest BCUT2D eigenvalue weighted by molar-refractivity contribution is 0.181. The van der Waals surface area contributed by atoms with E-state index in [9.17, 15) is 0 Å². The van der Waals surface area contributed by atoms with Crippen LogP contribution in [0, 0.1) is 6.92 Å². The van der Waals surface area contributed by atoms with Gasteiger partial charge < -0.3 is 15.2 Å². The van der Waals surface area contributed by atoms with Gasteiger partial charge in [-0.15, -0.1) is 0 Å². The van der Waals surface area contributed by atoms with E-state index in [1.807, 2.05) is 6.92 Å². The molecule has 1 aromatic rings. The largest absolute Gasteiger partial charge is 0.480 e. The molecule has 1 heterocycles. The Kier molecular flexibility index (Phi) is 3.02. The number of aromatic nitrogens is 2. The number of aryl methyl sites for hydroxylation is 1. The highest BCUT2D eigenvalue weighted by atomic mass is 16.5. The lowest BCUT2D eigenvalue weighted by Crippen LogP contribution is -2.06. The topological polar surface area (TPSA) is 70.3 Å². The maximum absolute atomic E-state index is 5.62. The van der Waals surface area contributed by atoms with Gasteiger partial charge in [-0.1, -0.05) is 0 Å². The molecule has 0 aromatic carbocycles. The highest BCUT2D eigenvalue weighted by molar-refractivity contribution is 5.38. The van der Waals surface area contributed by atoms with Crippen LogP contribution in [0.2, 0.25) is 0 Å². The second-order valence-electron chi connectivity index (χ2n) is 2.58. The number of nitrogens with zero attached hydrogens (tertiary/aromatic N) is 2. The fourth-order valence-corrected chi connectivity index (χ4v) is 0.999. The number of nitrogens with two attached hydrogens (primary N) is 1. The summed E-state index contributed by atoms with van der Waals surface area (Å²) >= 11 is 0. The van der Waals surface area contributed by atoms with Crippen molar-refractivity contribution in [1.82, 2.24) is 9.97 Å². The van der Waals surface area contributed by atoms with Gasteiger partial charge in [-0.25, -0.2) is 4.98 Å². The Morgan fingerprint density at radius 2 is 2.00 bits per heavy atom. The minimum atomic E-state index is 0.351. The third-order valence-electron chi connectivity index (χ3n) is 1.60. The molecule has 0 saturated carbocycles. The summed E-state index contributed by atoms with van der Waals surface area (Å²) in [6.07, 6.45) is 0. The van der Waals surface area contributed by atoms with Crippen LogP contribution in [-0.4, -0.2) is 24.2 Å². The summed E-state index contributed by atoms with van der Waals surface area (Å²) in [5.41, 5.74) is 6.97. The van der Waals surface area contributed by atoms with Crippen LogP contribution < -0.4 is 10.5 Å². The molecule has 0 radical (unpaired) electrons. The molecule has 0 spiro atoms. The van der Waals surface area contributed by atoms with E-state index in [0.717, 1.165) is 0 Å². The maximum atomic E-state index is 5.62. The molecule has 1 rings (SSSR count). The van der Waals surface area contributed by atoms with E-state index in [1.54, 1.807) is 7.11 Å². The molecule has 2 N–H and O–H groups in total. The van der Waals surface area contributed by atoms with Crippen LogP contribution in [0.5, 0.6) is 5.88 Å². The number of hydrogen-bond acceptors (Lipinski definition) is 5. The Labute approximate surface area is 76.9 Å². The summed E-state index contributed by atoms with van der Waals surface area (Å²) in [6.45, 7) is 2.17. The summed E-state index contributed by atoms with van der Waals surface area (Å²) in [5, 5.41) is 0. The zero-order valence-electron chi connectivity index (χ0n) is 8.00. The van der Waals surface area contributed by atoms with Crippen molar-refractivity contribution in [2.75, 3.05) is 20.0 Å². The number of ether oxygens (including phenoxy) is 2. The van der Waals surface area contributed by atoms with Gasteiger partial charge >= 0.3 is 0 Å². The number of anilines is 1. The predicted octanol–water partition coefficient (Wildman–Crippen LogP) is 0.522. The van der Waals surface area contributed by atoms with Gasteiger partial charge in [0.25, 0.3) is 0 Å². The van der Waals surface area contributed by atoms with Gasteiger partial charge in [0, 0.05) is 7.11 Å². The average Bonchev–Trinajstić information content (AvgIpc) is 2.11. The molecule has 13 heavy (non-hydrogen) atoms. The van der Waals surface area contributed by atoms with Crippen LogP contribution in [-0.2, 0) is 11.3 Å². The first-order valence-corrected chi connectivity index (χ1v) is 3.85. The highest BCUT2D eigenvalue weighted by Gasteiger charge is 2.08. The van der Waals surface area contributed by atoms with Gasteiger partial charge in [0.15, 0.2) is 5.82 Å². The van der Waals surface area contributed by atoms with Crippen molar-refractivity contribution in [3.63, 3.8) is 0 Å². The Bertz CT molecular complexity index is 302. The van der Waals surface area contributed by atoms with Gasteiger partial charge in [0.2, 0.25) is 5.88 Å². The van der Waals surface area contributed by atoms with Gasteiger partial charge in [-0.05, 0) is 6.92 Å². The van der Waals surface area contributed by atoms with Crippen LogP contribution in [0.25, 0.3) is 0 Å². The van der Waals surface area contributed by atoms with Crippen molar-refractivity contribution in [3.05, 3.63) is 11.4 Å². The second-order valence-corrected chi connectivity index (χ2v) is 2.58. The predicted molar refractivity (Wildman–Crippen MR) is 48.4 cm³/mol. The van der Waals surface area contributed by atoms with Crippen molar-refractivity contribution in [2.24, 2.45) is 0 Å². The van der Waals surface area contributed by atoms with Crippen molar-refractivity contribution >= 4 is 5.82 Å². The van der Waals surface area contributed by atoms with E-state index in [0.29, 0.717) is 29.7 Å². The Morgan fingerprint density at radius 1 is 1.31 bits per heavy atom. The van der Waals surface area contributed by atoms with Crippen LogP contribution in [0.15, 0.2) is 0 Å². The number of hydrogen-bond donors (Lipinski definition) is 1. The quantitative estimate of drug-likeness (QED) is 0.739. The van der Waals surface area contributed by atoms with E-state index in [1.165, 1.54) is 7.11 Å². The van der Waals surface area contributed by atoms with E-state index >= 15 is 0 Å². The molecule has 0 saturated heterocycles. The standard InChI is InChI=1S/C8H13N3O2/c1-5-8(13-3)11-7(9)6(10-5)4-12-2/h4H2,1-3H3,(H2,9,11). The Morgan fingerprint density at radius 3 is 2.54 bits per heavy atom. The average molecular weight is 183 g/mol. The molecule has 0 amide bonds. The molecule has 0 unspecified atom stereocenters. The fraction of sp³-hybridized carbons (Fsp3) is 0.500. The van der Waals surface area contributed by atoms with Gasteiger partial charge in [0.05, 0.1) is 19.4 Å². The van der Waals surface area contributed by atoms with Crippen LogP contribution in [0.3, 0.4) is 0 Å². The van der Waals surface area contributed by atoms with Crippen LogP contribution >= 0.6 is 0 Å². The smallest absolute Gasteiger partial charge is 0.237 e. The summed E-state index contributed by atoms with van der Waals surface area (Å²) < 4.78 is 9.88. The zero-order chi connectivity index (χ0) is 9.84. The molecule has 0 atom stereocenters. The van der Waals surface area contributed by atoms with Crippen molar-refractivity contribution in [3.8, 4) is 5.88 Å².